The summed E-state index contributed by atoms with van der Waals surface area (Å²) < 4.78 is 6.21. The predicted octanol–water partition coefficient (Wildman–Crippen LogP) is 9.16. The third kappa shape index (κ3) is 5.03. The van der Waals surface area contributed by atoms with Gasteiger partial charge in [-0.25, -0.2) is 0 Å². The number of esters is 1. The van der Waals surface area contributed by atoms with Crippen molar-refractivity contribution < 1.29 is 14.7 Å². The largest absolute Gasteiger partial charge is 0.462 e. The standard InChI is InChI=1S/C36H60NO3/c1-23(2)11-10-12-24(3)28-15-16-29-27-14-13-25-21-26(17-19-35(25,8)30(27)18-20-36(28,29)9)40-32(38)31-22-33(4,5)37(39)34(31,6)7/h13,23-24,26-31H,10-12,14-22H2,1-9H3/t24-,26-,27?,28?,29?,30?,31?,35-,36+/m0/s1. The number of carbonyl (C=O) groups excluding carboxylic acids is 1. The van der Waals surface area contributed by atoms with E-state index in [9.17, 15) is 10.0 Å². The fourth-order valence-electron chi connectivity index (χ4n) is 11.1. The second-order valence-electron chi connectivity index (χ2n) is 17.1. The number of hydroxylamine groups is 2. The Hall–Kier alpha value is -0.870. The van der Waals surface area contributed by atoms with Gasteiger partial charge in [0.15, 0.2) is 0 Å². The van der Waals surface area contributed by atoms with E-state index in [1.54, 1.807) is 5.57 Å². The summed E-state index contributed by atoms with van der Waals surface area (Å²) >= 11 is 0. The first-order valence-electron chi connectivity index (χ1n) is 17.0. The zero-order valence-corrected chi connectivity index (χ0v) is 27.4. The van der Waals surface area contributed by atoms with Gasteiger partial charge < -0.3 is 4.74 Å². The van der Waals surface area contributed by atoms with Gasteiger partial charge in [-0.2, -0.15) is 0 Å². The van der Waals surface area contributed by atoms with E-state index < -0.39 is 11.1 Å². The number of hydrogen-bond donors (Lipinski definition) is 0. The van der Waals surface area contributed by atoms with Crippen LogP contribution in [0.1, 0.15) is 139 Å². The topological polar surface area (TPSA) is 49.4 Å². The molecule has 227 valence electrons. The molecule has 4 heteroatoms. The molecule has 0 bridgehead atoms. The molecule has 0 amide bonds. The van der Waals surface area contributed by atoms with Crippen LogP contribution in [0.3, 0.4) is 0 Å². The van der Waals surface area contributed by atoms with E-state index in [2.05, 4.69) is 40.7 Å². The molecule has 3 saturated carbocycles. The van der Waals surface area contributed by atoms with Crippen LogP contribution in [0, 0.1) is 52.3 Å². The Bertz CT molecular complexity index is 983. The van der Waals surface area contributed by atoms with Crippen LogP contribution in [0.5, 0.6) is 0 Å². The molecule has 9 atom stereocenters. The highest BCUT2D eigenvalue weighted by molar-refractivity contribution is 5.75. The molecule has 40 heavy (non-hydrogen) atoms. The van der Waals surface area contributed by atoms with Crippen LogP contribution in [0.15, 0.2) is 11.6 Å². The highest BCUT2D eigenvalue weighted by Crippen LogP contribution is 2.67. The Balaban J connectivity index is 1.24. The van der Waals surface area contributed by atoms with Crippen LogP contribution in [-0.4, -0.2) is 28.2 Å². The van der Waals surface area contributed by atoms with Gasteiger partial charge in [0.05, 0.1) is 11.5 Å². The zero-order chi connectivity index (χ0) is 29.3. The molecule has 1 heterocycles. The SMILES string of the molecule is CC(C)CCC[C@H](C)C1CCC2C3CC=C4C[C@@H](OC(=O)C5CC(C)(C)N([O])C5(C)C)CC[C@]4(C)C3CC[C@@]21C. The first-order chi connectivity index (χ1) is 18.6. The second-order valence-corrected chi connectivity index (χ2v) is 17.1. The first-order valence-corrected chi connectivity index (χ1v) is 17.0. The van der Waals surface area contributed by atoms with E-state index in [0.717, 1.165) is 59.8 Å². The molecule has 0 aromatic carbocycles. The smallest absolute Gasteiger partial charge is 0.311 e. The van der Waals surface area contributed by atoms with Gasteiger partial charge in [0.25, 0.3) is 0 Å². The van der Waals surface area contributed by atoms with Gasteiger partial charge in [-0.3, -0.25) is 4.79 Å². The van der Waals surface area contributed by atoms with Gasteiger partial charge in [0, 0.05) is 12.0 Å². The fourth-order valence-corrected chi connectivity index (χ4v) is 11.1. The van der Waals surface area contributed by atoms with Crippen LogP contribution in [0.25, 0.3) is 0 Å². The summed E-state index contributed by atoms with van der Waals surface area (Å²) in [4.78, 5) is 13.4. The lowest BCUT2D eigenvalue weighted by atomic mass is 9.47. The molecule has 0 spiro atoms. The van der Waals surface area contributed by atoms with Crippen LogP contribution in [-0.2, 0) is 14.7 Å². The van der Waals surface area contributed by atoms with Crippen LogP contribution < -0.4 is 0 Å². The molecule has 4 nitrogen and oxygen atoms in total. The molecule has 5 rings (SSSR count). The minimum atomic E-state index is -0.721. The summed E-state index contributed by atoms with van der Waals surface area (Å²) in [6.45, 7) is 20.2. The summed E-state index contributed by atoms with van der Waals surface area (Å²) in [6.07, 6.45) is 17.1. The minimum Gasteiger partial charge on any atom is -0.462 e. The van der Waals surface area contributed by atoms with Gasteiger partial charge in [-0.15, -0.1) is 10.3 Å². The molecule has 0 aromatic heterocycles. The fraction of sp³-hybridized carbons (Fsp3) is 0.917. The number of fused-ring (bicyclic) bond motifs is 5. The highest BCUT2D eigenvalue weighted by Gasteiger charge is 2.60. The maximum absolute atomic E-state index is 13.4. The van der Waals surface area contributed by atoms with E-state index in [-0.39, 0.29) is 23.4 Å². The van der Waals surface area contributed by atoms with Crippen molar-refractivity contribution in [2.75, 3.05) is 0 Å². The molecule has 0 N–H and O–H groups in total. The van der Waals surface area contributed by atoms with E-state index in [4.69, 9.17) is 4.74 Å². The van der Waals surface area contributed by atoms with Crippen molar-refractivity contribution in [1.29, 1.82) is 0 Å². The Morgan fingerprint density at radius 3 is 2.35 bits per heavy atom. The van der Waals surface area contributed by atoms with Crippen molar-refractivity contribution in [1.82, 2.24) is 5.06 Å². The molecule has 1 radical (unpaired) electrons. The molecule has 1 aliphatic heterocycles. The third-order valence-electron chi connectivity index (χ3n) is 13.5. The molecule has 4 aliphatic carbocycles. The lowest BCUT2D eigenvalue weighted by Crippen LogP contribution is -2.51. The van der Waals surface area contributed by atoms with Crippen molar-refractivity contribution in [3.05, 3.63) is 11.6 Å². The lowest BCUT2D eigenvalue weighted by molar-refractivity contribution is -0.249. The normalized spacial score (nSPS) is 43.0. The molecule has 1 saturated heterocycles. The number of ether oxygens (including phenoxy) is 1. The highest BCUT2D eigenvalue weighted by atomic mass is 16.5. The maximum Gasteiger partial charge on any atom is 0.311 e. The van der Waals surface area contributed by atoms with Crippen molar-refractivity contribution in [3.63, 3.8) is 0 Å². The molecular formula is C36H60NO3. The molecule has 5 unspecified atom stereocenters. The van der Waals surface area contributed by atoms with E-state index in [1.807, 2.05) is 27.7 Å². The molecule has 5 aliphatic rings. The number of nitrogens with zero attached hydrogens (tertiary/aromatic N) is 1. The summed E-state index contributed by atoms with van der Waals surface area (Å²) in [7, 11) is 0. The monoisotopic (exact) mass is 554 g/mol. The van der Waals surface area contributed by atoms with E-state index in [1.165, 1.54) is 51.4 Å². The summed E-state index contributed by atoms with van der Waals surface area (Å²) in [6, 6.07) is 0. The van der Waals surface area contributed by atoms with Gasteiger partial charge >= 0.3 is 5.97 Å². The maximum atomic E-state index is 13.4. The van der Waals surface area contributed by atoms with Crippen LogP contribution >= 0.6 is 0 Å². The van der Waals surface area contributed by atoms with Gasteiger partial charge in [0.1, 0.15) is 6.10 Å². The van der Waals surface area contributed by atoms with Crippen molar-refractivity contribution in [2.24, 2.45) is 52.3 Å². The first kappa shape index (κ1) is 30.6. The van der Waals surface area contributed by atoms with Crippen molar-refractivity contribution >= 4 is 5.97 Å². The number of carbonyl (C=O) groups is 1. The van der Waals surface area contributed by atoms with Gasteiger partial charge in [-0.1, -0.05) is 65.5 Å². The molecule has 4 fully saturated rings. The van der Waals surface area contributed by atoms with E-state index >= 15 is 0 Å². The average molecular weight is 555 g/mol. The second kappa shape index (κ2) is 10.7. The van der Waals surface area contributed by atoms with Gasteiger partial charge in [0.2, 0.25) is 0 Å². The Morgan fingerprint density at radius 1 is 0.975 bits per heavy atom. The van der Waals surface area contributed by atoms with E-state index in [0.29, 0.717) is 11.8 Å². The summed E-state index contributed by atoms with van der Waals surface area (Å²) in [5.74, 6) is 4.52. The third-order valence-corrected chi connectivity index (χ3v) is 13.5. The van der Waals surface area contributed by atoms with Crippen molar-refractivity contribution in [3.8, 4) is 0 Å². The number of hydrogen-bond acceptors (Lipinski definition) is 3. The molecular weight excluding hydrogens is 494 g/mol. The number of allylic oxidation sites excluding steroid dienone is 1. The average Bonchev–Trinajstić information content (AvgIpc) is 3.31. The Kier molecular flexibility index (Phi) is 8.17. The van der Waals surface area contributed by atoms with Crippen molar-refractivity contribution in [2.45, 2.75) is 157 Å². The van der Waals surface area contributed by atoms with Crippen LogP contribution in [0.2, 0.25) is 0 Å². The molecule has 0 aromatic rings. The lowest BCUT2D eigenvalue weighted by Gasteiger charge is -2.58. The Labute approximate surface area is 246 Å². The summed E-state index contributed by atoms with van der Waals surface area (Å²) in [5, 5.41) is 14.0. The predicted molar refractivity (Wildman–Crippen MR) is 162 cm³/mol. The summed E-state index contributed by atoms with van der Waals surface area (Å²) in [5.41, 5.74) is 1.09. The minimum absolute atomic E-state index is 0.0422. The van der Waals surface area contributed by atoms with Gasteiger partial charge in [-0.05, 0) is 125 Å². The Morgan fingerprint density at radius 2 is 1.70 bits per heavy atom. The number of rotatable bonds is 7. The quantitative estimate of drug-likeness (QED) is 0.233. The zero-order valence-electron chi connectivity index (χ0n) is 27.4. The van der Waals surface area contributed by atoms with Crippen LogP contribution in [0.4, 0.5) is 0 Å².